The lowest BCUT2D eigenvalue weighted by Crippen LogP contribution is -2.17. The Morgan fingerprint density at radius 1 is 1.07 bits per heavy atom. The summed E-state index contributed by atoms with van der Waals surface area (Å²) in [5.41, 5.74) is 7.30. The number of methoxy groups -OCH3 is 2. The number of hydrogen-bond donors (Lipinski definition) is 0. The number of rotatable bonds is 7. The van der Waals surface area contributed by atoms with Gasteiger partial charge in [-0.1, -0.05) is 20.8 Å². The van der Waals surface area contributed by atoms with E-state index in [0.29, 0.717) is 11.8 Å². The smallest absolute Gasteiger partial charge is 0.222 e. The van der Waals surface area contributed by atoms with Crippen molar-refractivity contribution in [1.82, 2.24) is 14.5 Å². The lowest BCUT2D eigenvalue weighted by molar-refractivity contribution is 0.0857. The summed E-state index contributed by atoms with van der Waals surface area (Å²) < 4.78 is 13.4. The molecule has 0 spiro atoms. The highest BCUT2D eigenvalue weighted by molar-refractivity contribution is 5.85. The van der Waals surface area contributed by atoms with Crippen molar-refractivity contribution in [3.8, 4) is 17.1 Å². The Morgan fingerprint density at radius 3 is 2.43 bits per heavy atom. The summed E-state index contributed by atoms with van der Waals surface area (Å²) in [5, 5.41) is 0. The van der Waals surface area contributed by atoms with Gasteiger partial charge < -0.3 is 14.0 Å². The van der Waals surface area contributed by atoms with Crippen molar-refractivity contribution in [2.45, 2.75) is 59.6 Å². The first-order chi connectivity index (χ1) is 13.4. The Hall–Kier alpha value is -2.40. The number of pyridine rings is 2. The van der Waals surface area contributed by atoms with Gasteiger partial charge in [-0.2, -0.15) is 0 Å². The highest BCUT2D eigenvalue weighted by Gasteiger charge is 2.18. The predicted octanol–water partition coefficient (Wildman–Crippen LogP) is 5.27. The monoisotopic (exact) mass is 381 g/mol. The van der Waals surface area contributed by atoms with Gasteiger partial charge >= 0.3 is 0 Å². The van der Waals surface area contributed by atoms with Crippen LogP contribution in [0.25, 0.3) is 22.3 Å². The maximum Gasteiger partial charge on any atom is 0.222 e. The molecule has 0 saturated carbocycles. The molecule has 3 aromatic rings. The van der Waals surface area contributed by atoms with Crippen molar-refractivity contribution in [3.05, 3.63) is 41.2 Å². The normalized spacial score (nSPS) is 12.7. The molecule has 0 N–H and O–H groups in total. The molecule has 3 aromatic heterocycles. The van der Waals surface area contributed by atoms with E-state index in [9.17, 15) is 0 Å². The van der Waals surface area contributed by atoms with Gasteiger partial charge in [0.25, 0.3) is 0 Å². The van der Waals surface area contributed by atoms with Crippen LogP contribution in [0.2, 0.25) is 0 Å². The summed E-state index contributed by atoms with van der Waals surface area (Å²) in [6.07, 6.45) is 3.34. The van der Waals surface area contributed by atoms with Gasteiger partial charge in [0, 0.05) is 25.5 Å². The average Bonchev–Trinajstić information content (AvgIpc) is 2.99. The molecule has 3 rings (SSSR count). The molecule has 5 nitrogen and oxygen atoms in total. The number of ether oxygens (including phenoxy) is 2. The first-order valence-corrected chi connectivity index (χ1v) is 9.94. The lowest BCUT2D eigenvalue weighted by atomic mass is 10.0. The van der Waals surface area contributed by atoms with E-state index in [2.05, 4.69) is 63.6 Å². The van der Waals surface area contributed by atoms with Gasteiger partial charge in [0.1, 0.15) is 0 Å². The molecule has 0 aliphatic heterocycles. The predicted molar refractivity (Wildman–Crippen MR) is 114 cm³/mol. The molecule has 0 aliphatic carbocycles. The van der Waals surface area contributed by atoms with Gasteiger partial charge in [-0.15, -0.1) is 0 Å². The standard InChI is InChI=1S/C23H31N3O2/c1-8-17(27-6)13-26-12-16(5)22-20(26)11-15(4)21(25-22)18-9-10-19(14(2)3)24-23(18)28-7/h9-12,14,17H,8,13H2,1-7H3/t17-/m1/s1. The van der Waals surface area contributed by atoms with Crippen molar-refractivity contribution in [3.63, 3.8) is 0 Å². The van der Waals surface area contributed by atoms with Crippen molar-refractivity contribution in [2.24, 2.45) is 0 Å². The minimum atomic E-state index is 0.197. The summed E-state index contributed by atoms with van der Waals surface area (Å²) in [6, 6.07) is 6.35. The molecule has 28 heavy (non-hydrogen) atoms. The number of aryl methyl sites for hydroxylation is 2. The number of hydrogen-bond acceptors (Lipinski definition) is 4. The summed E-state index contributed by atoms with van der Waals surface area (Å²) in [4.78, 5) is 9.72. The third-order valence-corrected chi connectivity index (χ3v) is 5.34. The maximum absolute atomic E-state index is 5.60. The zero-order chi connectivity index (χ0) is 20.4. The second-order valence-corrected chi connectivity index (χ2v) is 7.70. The number of fused-ring (bicyclic) bond motifs is 1. The van der Waals surface area contributed by atoms with Crippen molar-refractivity contribution < 1.29 is 9.47 Å². The fourth-order valence-corrected chi connectivity index (χ4v) is 3.60. The zero-order valence-corrected chi connectivity index (χ0v) is 18.0. The molecule has 0 unspecified atom stereocenters. The quantitative estimate of drug-likeness (QED) is 0.559. The van der Waals surface area contributed by atoms with Crippen LogP contribution in [0.15, 0.2) is 24.4 Å². The van der Waals surface area contributed by atoms with E-state index in [4.69, 9.17) is 19.4 Å². The molecule has 0 fully saturated rings. The van der Waals surface area contributed by atoms with Crippen molar-refractivity contribution in [2.75, 3.05) is 14.2 Å². The summed E-state index contributed by atoms with van der Waals surface area (Å²) in [5.74, 6) is 0.978. The molecule has 5 heteroatoms. The van der Waals surface area contributed by atoms with Gasteiger partial charge in [-0.05, 0) is 55.5 Å². The van der Waals surface area contributed by atoms with Crippen LogP contribution in [-0.4, -0.2) is 34.9 Å². The Labute approximate surface area is 167 Å². The largest absolute Gasteiger partial charge is 0.480 e. The Kier molecular flexibility index (Phi) is 6.04. The Balaban J connectivity index is 2.12. The minimum absolute atomic E-state index is 0.197. The SMILES string of the molecule is CC[C@H](Cn1cc(C)c2nc(-c3ccc(C(C)C)nc3OC)c(C)cc21)OC. The second-order valence-electron chi connectivity index (χ2n) is 7.70. The van der Waals surface area contributed by atoms with Crippen LogP contribution in [0.4, 0.5) is 0 Å². The first-order valence-electron chi connectivity index (χ1n) is 9.94. The van der Waals surface area contributed by atoms with Crippen LogP contribution in [0.1, 0.15) is 49.9 Å². The van der Waals surface area contributed by atoms with Crippen LogP contribution >= 0.6 is 0 Å². The van der Waals surface area contributed by atoms with E-state index >= 15 is 0 Å². The van der Waals surface area contributed by atoms with Gasteiger partial charge in [-0.3, -0.25) is 0 Å². The molecular formula is C23H31N3O2. The Morgan fingerprint density at radius 2 is 1.82 bits per heavy atom. The van der Waals surface area contributed by atoms with Gasteiger partial charge in [0.05, 0.1) is 35.5 Å². The number of nitrogens with zero attached hydrogens (tertiary/aromatic N) is 3. The van der Waals surface area contributed by atoms with Gasteiger partial charge in [0.2, 0.25) is 5.88 Å². The molecule has 3 heterocycles. The molecular weight excluding hydrogens is 350 g/mol. The van der Waals surface area contributed by atoms with Crippen LogP contribution < -0.4 is 4.74 Å². The van der Waals surface area contributed by atoms with E-state index < -0.39 is 0 Å². The molecule has 0 aromatic carbocycles. The molecule has 0 aliphatic rings. The van der Waals surface area contributed by atoms with E-state index in [1.807, 2.05) is 0 Å². The zero-order valence-electron chi connectivity index (χ0n) is 18.0. The van der Waals surface area contributed by atoms with Gasteiger partial charge in [0.15, 0.2) is 0 Å². The third kappa shape index (κ3) is 3.76. The summed E-state index contributed by atoms with van der Waals surface area (Å²) in [7, 11) is 3.44. The molecule has 0 amide bonds. The van der Waals surface area contributed by atoms with Crippen LogP contribution in [0.5, 0.6) is 5.88 Å². The minimum Gasteiger partial charge on any atom is -0.480 e. The Bertz CT molecular complexity index is 972. The van der Waals surface area contributed by atoms with E-state index in [-0.39, 0.29) is 6.10 Å². The van der Waals surface area contributed by atoms with E-state index in [0.717, 1.165) is 52.1 Å². The summed E-state index contributed by atoms with van der Waals surface area (Å²) in [6.45, 7) is 11.4. The van der Waals surface area contributed by atoms with Crippen LogP contribution in [0.3, 0.4) is 0 Å². The molecule has 0 radical (unpaired) electrons. The fourth-order valence-electron chi connectivity index (χ4n) is 3.60. The van der Waals surface area contributed by atoms with Crippen molar-refractivity contribution in [1.29, 1.82) is 0 Å². The molecule has 150 valence electrons. The first kappa shape index (κ1) is 20.3. The topological polar surface area (TPSA) is 49.2 Å². The van der Waals surface area contributed by atoms with Crippen molar-refractivity contribution >= 4 is 11.0 Å². The molecule has 0 bridgehead atoms. The molecule has 0 saturated heterocycles. The van der Waals surface area contributed by atoms with Crippen LogP contribution in [0, 0.1) is 13.8 Å². The second kappa shape index (κ2) is 8.31. The fraction of sp³-hybridized carbons (Fsp3) is 0.478. The van der Waals surface area contributed by atoms with E-state index in [1.54, 1.807) is 14.2 Å². The highest BCUT2D eigenvalue weighted by atomic mass is 16.5. The third-order valence-electron chi connectivity index (χ3n) is 5.34. The van der Waals surface area contributed by atoms with E-state index in [1.165, 1.54) is 0 Å². The summed E-state index contributed by atoms with van der Waals surface area (Å²) >= 11 is 0. The number of aromatic nitrogens is 3. The average molecular weight is 382 g/mol. The van der Waals surface area contributed by atoms with Crippen LogP contribution in [-0.2, 0) is 11.3 Å². The highest BCUT2D eigenvalue weighted by Crippen LogP contribution is 2.33. The molecule has 1 atom stereocenters. The lowest BCUT2D eigenvalue weighted by Gasteiger charge is -2.16. The van der Waals surface area contributed by atoms with Gasteiger partial charge in [-0.25, -0.2) is 9.97 Å². The maximum atomic E-state index is 5.60.